The predicted molar refractivity (Wildman–Crippen MR) is 105 cm³/mol. The van der Waals surface area contributed by atoms with Crippen molar-refractivity contribution in [2.24, 2.45) is 4.99 Å². The summed E-state index contributed by atoms with van der Waals surface area (Å²) in [6.07, 6.45) is 0.523. The van der Waals surface area contributed by atoms with E-state index in [1.165, 1.54) is 7.11 Å². The van der Waals surface area contributed by atoms with Crippen molar-refractivity contribution in [3.8, 4) is 23.0 Å². The molecule has 1 N–H and O–H groups in total. The summed E-state index contributed by atoms with van der Waals surface area (Å²) in [5.74, 6) is 0.681. The van der Waals surface area contributed by atoms with Gasteiger partial charge < -0.3 is 24.1 Å². The third-order valence-corrected chi connectivity index (χ3v) is 4.82. The molecule has 1 atom stereocenters. The van der Waals surface area contributed by atoms with Crippen LogP contribution < -0.4 is 18.9 Å². The first kappa shape index (κ1) is 19.5. The second kappa shape index (κ2) is 8.21. The van der Waals surface area contributed by atoms with Crippen LogP contribution in [0.25, 0.3) is 0 Å². The number of aliphatic carboxylic acids is 1. The van der Waals surface area contributed by atoms with E-state index >= 15 is 0 Å². The zero-order chi connectivity index (χ0) is 20.3. The summed E-state index contributed by atoms with van der Waals surface area (Å²) >= 11 is 0. The molecule has 0 aliphatic carbocycles. The Kier molecular flexibility index (Phi) is 5.73. The maximum Gasteiger partial charge on any atom is 0.312 e. The SMILES string of the molecule is COc1ccc(CC2=NCC(C(=O)O)c3cc(OC)c(OC)cc32)cc1OC. The van der Waals surface area contributed by atoms with Crippen LogP contribution in [0, 0.1) is 0 Å². The molecule has 0 spiro atoms. The molecule has 1 unspecified atom stereocenters. The van der Waals surface area contributed by atoms with E-state index in [9.17, 15) is 9.90 Å². The van der Waals surface area contributed by atoms with E-state index in [1.54, 1.807) is 33.5 Å². The van der Waals surface area contributed by atoms with E-state index in [-0.39, 0.29) is 6.54 Å². The molecule has 7 nitrogen and oxygen atoms in total. The molecule has 28 heavy (non-hydrogen) atoms. The van der Waals surface area contributed by atoms with Gasteiger partial charge in [0.2, 0.25) is 0 Å². The van der Waals surface area contributed by atoms with Crippen molar-refractivity contribution in [1.82, 2.24) is 0 Å². The number of benzene rings is 2. The van der Waals surface area contributed by atoms with Crippen LogP contribution in [0.5, 0.6) is 23.0 Å². The molecule has 1 heterocycles. The zero-order valence-electron chi connectivity index (χ0n) is 16.3. The number of rotatable bonds is 7. The highest BCUT2D eigenvalue weighted by molar-refractivity contribution is 6.06. The first-order chi connectivity index (χ1) is 13.5. The summed E-state index contributed by atoms with van der Waals surface area (Å²) in [7, 11) is 6.25. The van der Waals surface area contributed by atoms with Gasteiger partial charge in [0.25, 0.3) is 0 Å². The smallest absolute Gasteiger partial charge is 0.312 e. The third kappa shape index (κ3) is 3.60. The summed E-state index contributed by atoms with van der Waals surface area (Å²) in [6.45, 7) is 0.181. The minimum atomic E-state index is -0.914. The van der Waals surface area contributed by atoms with Gasteiger partial charge in [-0.05, 0) is 35.4 Å². The Hall–Kier alpha value is -3.22. The van der Waals surface area contributed by atoms with Gasteiger partial charge in [0, 0.05) is 17.7 Å². The molecule has 0 saturated carbocycles. The van der Waals surface area contributed by atoms with Crippen LogP contribution in [0.15, 0.2) is 35.3 Å². The van der Waals surface area contributed by atoms with Crippen LogP contribution >= 0.6 is 0 Å². The predicted octanol–water partition coefficient (Wildman–Crippen LogP) is 2.93. The number of hydrogen-bond donors (Lipinski definition) is 1. The van der Waals surface area contributed by atoms with Gasteiger partial charge >= 0.3 is 5.97 Å². The lowest BCUT2D eigenvalue weighted by molar-refractivity contribution is -0.138. The molecule has 7 heteroatoms. The Balaban J connectivity index is 2.03. The van der Waals surface area contributed by atoms with E-state index in [2.05, 4.69) is 4.99 Å². The molecular formula is C21H23NO6. The Morgan fingerprint density at radius 2 is 1.57 bits per heavy atom. The lowest BCUT2D eigenvalue weighted by atomic mass is 9.86. The number of carbonyl (C=O) groups is 1. The van der Waals surface area contributed by atoms with E-state index in [1.807, 2.05) is 18.2 Å². The number of nitrogens with zero attached hydrogens (tertiary/aromatic N) is 1. The number of carboxylic acids is 1. The highest BCUT2D eigenvalue weighted by Crippen LogP contribution is 2.37. The summed E-state index contributed by atoms with van der Waals surface area (Å²) in [6, 6.07) is 9.20. The fraction of sp³-hybridized carbons (Fsp3) is 0.333. The average molecular weight is 385 g/mol. The van der Waals surface area contributed by atoms with Crippen molar-refractivity contribution in [1.29, 1.82) is 0 Å². The van der Waals surface area contributed by atoms with Gasteiger partial charge in [-0.3, -0.25) is 9.79 Å². The Morgan fingerprint density at radius 3 is 2.18 bits per heavy atom. The fourth-order valence-electron chi connectivity index (χ4n) is 3.36. The molecule has 0 aromatic heterocycles. The largest absolute Gasteiger partial charge is 0.493 e. The molecule has 2 aromatic rings. The van der Waals surface area contributed by atoms with Crippen molar-refractivity contribution >= 4 is 11.7 Å². The van der Waals surface area contributed by atoms with Crippen LogP contribution in [0.4, 0.5) is 0 Å². The molecule has 148 valence electrons. The molecule has 2 aromatic carbocycles. The van der Waals surface area contributed by atoms with E-state index in [4.69, 9.17) is 18.9 Å². The second-order valence-corrected chi connectivity index (χ2v) is 6.34. The van der Waals surface area contributed by atoms with Gasteiger partial charge in [-0.2, -0.15) is 0 Å². The van der Waals surface area contributed by atoms with Crippen molar-refractivity contribution in [2.45, 2.75) is 12.3 Å². The van der Waals surface area contributed by atoms with Crippen LogP contribution in [-0.4, -0.2) is 51.8 Å². The molecule has 1 aliphatic heterocycles. The standard InChI is InChI=1S/C21H23NO6/c1-25-17-6-5-12(8-18(17)26-2)7-16-14-10-20(28-4)19(27-3)9-13(14)15(11-22-16)21(23)24/h5-6,8-10,15H,7,11H2,1-4H3,(H,23,24). The zero-order valence-corrected chi connectivity index (χ0v) is 16.3. The molecule has 0 bridgehead atoms. The van der Waals surface area contributed by atoms with Crippen LogP contribution in [0.1, 0.15) is 22.6 Å². The molecule has 3 rings (SSSR count). The average Bonchev–Trinajstić information content (AvgIpc) is 2.72. The van der Waals surface area contributed by atoms with E-state index in [0.29, 0.717) is 35.0 Å². The summed E-state index contributed by atoms with van der Waals surface area (Å²) in [5, 5.41) is 9.61. The quantitative estimate of drug-likeness (QED) is 0.789. The van der Waals surface area contributed by atoms with Gasteiger partial charge in [0.1, 0.15) is 5.92 Å². The van der Waals surface area contributed by atoms with Gasteiger partial charge in [0.15, 0.2) is 23.0 Å². The molecule has 1 aliphatic rings. The van der Waals surface area contributed by atoms with Gasteiger partial charge in [-0.15, -0.1) is 0 Å². The van der Waals surface area contributed by atoms with E-state index < -0.39 is 11.9 Å². The Morgan fingerprint density at radius 1 is 0.964 bits per heavy atom. The number of carboxylic acid groups (broad SMARTS) is 1. The maximum absolute atomic E-state index is 11.7. The topological polar surface area (TPSA) is 86.6 Å². The van der Waals surface area contributed by atoms with Gasteiger partial charge in [-0.1, -0.05) is 6.07 Å². The number of methoxy groups -OCH3 is 4. The molecular weight excluding hydrogens is 362 g/mol. The highest BCUT2D eigenvalue weighted by Gasteiger charge is 2.30. The molecule has 0 saturated heterocycles. The summed E-state index contributed by atoms with van der Waals surface area (Å²) in [5.41, 5.74) is 3.20. The van der Waals surface area contributed by atoms with Crippen molar-refractivity contribution in [2.75, 3.05) is 35.0 Å². The van der Waals surface area contributed by atoms with Gasteiger partial charge in [0.05, 0.1) is 35.0 Å². The minimum Gasteiger partial charge on any atom is -0.493 e. The summed E-state index contributed by atoms with van der Waals surface area (Å²) in [4.78, 5) is 16.3. The number of ether oxygens (including phenoxy) is 4. The second-order valence-electron chi connectivity index (χ2n) is 6.34. The third-order valence-electron chi connectivity index (χ3n) is 4.82. The monoisotopic (exact) mass is 385 g/mol. The van der Waals surface area contributed by atoms with E-state index in [0.717, 1.165) is 16.8 Å². The molecule has 0 amide bonds. The van der Waals surface area contributed by atoms with Gasteiger partial charge in [-0.25, -0.2) is 0 Å². The molecule has 0 fully saturated rings. The summed E-state index contributed by atoms with van der Waals surface area (Å²) < 4.78 is 21.4. The highest BCUT2D eigenvalue weighted by atomic mass is 16.5. The lowest BCUT2D eigenvalue weighted by Gasteiger charge is -2.24. The number of aliphatic imine (C=N–C) groups is 1. The van der Waals surface area contributed by atoms with Crippen LogP contribution in [0.3, 0.4) is 0 Å². The normalized spacial score (nSPS) is 15.3. The Labute approximate surface area is 163 Å². The van der Waals surface area contributed by atoms with Crippen molar-refractivity contribution < 1.29 is 28.8 Å². The van der Waals surface area contributed by atoms with Crippen LogP contribution in [-0.2, 0) is 11.2 Å². The number of hydrogen-bond acceptors (Lipinski definition) is 6. The van der Waals surface area contributed by atoms with Crippen molar-refractivity contribution in [3.63, 3.8) is 0 Å². The fourth-order valence-corrected chi connectivity index (χ4v) is 3.36. The number of fused-ring (bicyclic) bond motifs is 1. The first-order valence-corrected chi connectivity index (χ1v) is 8.75. The maximum atomic E-state index is 11.7. The Bertz CT molecular complexity index is 921. The first-order valence-electron chi connectivity index (χ1n) is 8.75. The van der Waals surface area contributed by atoms with Crippen molar-refractivity contribution in [3.05, 3.63) is 47.0 Å². The minimum absolute atomic E-state index is 0.181. The lowest BCUT2D eigenvalue weighted by Crippen LogP contribution is -2.25. The molecule has 0 radical (unpaired) electrons. The van der Waals surface area contributed by atoms with Crippen LogP contribution in [0.2, 0.25) is 0 Å².